The first kappa shape index (κ1) is 9.58. The Morgan fingerprint density at radius 3 is 3.14 bits per heavy atom. The predicted octanol–water partition coefficient (Wildman–Crippen LogP) is 0.754. The first-order valence-corrected chi connectivity index (χ1v) is 5.28. The third kappa shape index (κ3) is 1.77. The minimum absolute atomic E-state index is 0.563. The molecule has 0 aromatic carbocycles. The highest BCUT2D eigenvalue weighted by atomic mass is 15.6. The van der Waals surface area contributed by atoms with Crippen LogP contribution >= 0.6 is 0 Å². The van der Waals surface area contributed by atoms with Gasteiger partial charge in [-0.1, -0.05) is 13.3 Å². The maximum Gasteiger partial charge on any atom is 0.165 e. The number of rotatable bonds is 5. The van der Waals surface area contributed by atoms with Crippen LogP contribution in [0.4, 0.5) is 0 Å². The van der Waals surface area contributed by atoms with E-state index in [1.54, 1.807) is 0 Å². The molecule has 1 aliphatic carbocycles. The second-order valence-corrected chi connectivity index (χ2v) is 3.92. The van der Waals surface area contributed by atoms with E-state index in [-0.39, 0.29) is 0 Å². The van der Waals surface area contributed by atoms with Gasteiger partial charge in [0.05, 0.1) is 12.6 Å². The van der Waals surface area contributed by atoms with Crippen LogP contribution < -0.4 is 5.32 Å². The summed E-state index contributed by atoms with van der Waals surface area (Å²) in [5.74, 6) is 1.76. The molecule has 0 radical (unpaired) electrons. The molecule has 1 heterocycles. The van der Waals surface area contributed by atoms with E-state index < -0.39 is 0 Å². The molecule has 2 rings (SSSR count). The molecule has 14 heavy (non-hydrogen) atoms. The highest BCUT2D eigenvalue weighted by molar-refractivity contribution is 4.95. The van der Waals surface area contributed by atoms with E-state index in [2.05, 4.69) is 27.8 Å². The van der Waals surface area contributed by atoms with Crippen LogP contribution in [-0.2, 0) is 6.54 Å². The van der Waals surface area contributed by atoms with Gasteiger partial charge >= 0.3 is 0 Å². The second kappa shape index (κ2) is 4.04. The fourth-order valence-corrected chi connectivity index (χ4v) is 1.96. The van der Waals surface area contributed by atoms with Crippen molar-refractivity contribution < 1.29 is 0 Å². The van der Waals surface area contributed by atoms with Gasteiger partial charge < -0.3 is 5.32 Å². The molecular weight excluding hydrogens is 178 g/mol. The van der Waals surface area contributed by atoms with Crippen LogP contribution in [0.3, 0.4) is 0 Å². The summed E-state index contributed by atoms with van der Waals surface area (Å²) in [6.45, 7) is 2.98. The summed E-state index contributed by atoms with van der Waals surface area (Å²) in [5, 5.41) is 14.8. The Morgan fingerprint density at radius 1 is 1.57 bits per heavy atom. The van der Waals surface area contributed by atoms with Crippen LogP contribution in [0.2, 0.25) is 0 Å². The highest BCUT2D eigenvalue weighted by Crippen LogP contribution is 2.46. The van der Waals surface area contributed by atoms with Gasteiger partial charge in [-0.05, 0) is 36.2 Å². The standard InChI is InChI=1S/C9H17N5/c1-3-4-7-5-8(7)14-9(6-10-2)11-12-13-14/h7-8,10H,3-6H2,1-2H3. The summed E-state index contributed by atoms with van der Waals surface area (Å²) in [7, 11) is 1.91. The molecule has 2 atom stereocenters. The number of aromatic nitrogens is 4. The topological polar surface area (TPSA) is 55.6 Å². The fourth-order valence-electron chi connectivity index (χ4n) is 1.96. The maximum absolute atomic E-state index is 4.04. The Hall–Kier alpha value is -0.970. The Labute approximate surface area is 83.9 Å². The van der Waals surface area contributed by atoms with E-state index in [0.29, 0.717) is 6.04 Å². The molecule has 0 bridgehead atoms. The van der Waals surface area contributed by atoms with Gasteiger partial charge in [-0.3, -0.25) is 0 Å². The summed E-state index contributed by atoms with van der Waals surface area (Å²) in [6, 6.07) is 0.563. The van der Waals surface area contributed by atoms with Crippen LogP contribution in [-0.4, -0.2) is 27.3 Å². The molecule has 1 aromatic heterocycles. The minimum atomic E-state index is 0.563. The monoisotopic (exact) mass is 195 g/mol. The van der Waals surface area contributed by atoms with Crippen molar-refractivity contribution >= 4 is 0 Å². The van der Waals surface area contributed by atoms with Gasteiger partial charge in [0.1, 0.15) is 0 Å². The van der Waals surface area contributed by atoms with Crippen LogP contribution in [0.15, 0.2) is 0 Å². The quantitative estimate of drug-likeness (QED) is 0.753. The van der Waals surface area contributed by atoms with Gasteiger partial charge in [0.15, 0.2) is 5.82 Å². The summed E-state index contributed by atoms with van der Waals surface area (Å²) in [4.78, 5) is 0. The molecular formula is C9H17N5. The SMILES string of the molecule is CCCC1CC1n1nnnc1CNC. The summed E-state index contributed by atoms with van der Waals surface area (Å²) < 4.78 is 1.98. The van der Waals surface area contributed by atoms with Crippen LogP contribution in [0.25, 0.3) is 0 Å². The molecule has 2 unspecified atom stereocenters. The van der Waals surface area contributed by atoms with Gasteiger partial charge in [-0.2, -0.15) is 0 Å². The maximum atomic E-state index is 4.04. The molecule has 1 saturated carbocycles. The van der Waals surface area contributed by atoms with Gasteiger partial charge in [0.2, 0.25) is 0 Å². The molecule has 78 valence electrons. The van der Waals surface area contributed by atoms with Gasteiger partial charge in [0.25, 0.3) is 0 Å². The van der Waals surface area contributed by atoms with Crippen molar-refractivity contribution in [3.05, 3.63) is 5.82 Å². The predicted molar refractivity (Wildman–Crippen MR) is 52.6 cm³/mol. The van der Waals surface area contributed by atoms with E-state index in [1.807, 2.05) is 11.7 Å². The molecule has 1 aliphatic rings. The van der Waals surface area contributed by atoms with Crippen LogP contribution in [0, 0.1) is 5.92 Å². The molecule has 1 fully saturated rings. The molecule has 0 saturated heterocycles. The van der Waals surface area contributed by atoms with Crippen molar-refractivity contribution in [1.82, 2.24) is 25.5 Å². The number of tetrazole rings is 1. The van der Waals surface area contributed by atoms with E-state index >= 15 is 0 Å². The van der Waals surface area contributed by atoms with Gasteiger partial charge in [0, 0.05) is 0 Å². The third-order valence-electron chi connectivity index (χ3n) is 2.75. The van der Waals surface area contributed by atoms with E-state index in [9.17, 15) is 0 Å². The minimum Gasteiger partial charge on any atom is -0.313 e. The van der Waals surface area contributed by atoms with Crippen molar-refractivity contribution in [3.63, 3.8) is 0 Å². The van der Waals surface area contributed by atoms with E-state index in [0.717, 1.165) is 18.3 Å². The Bertz CT molecular complexity index is 295. The van der Waals surface area contributed by atoms with Crippen molar-refractivity contribution in [1.29, 1.82) is 0 Å². The normalized spacial score (nSPS) is 25.3. The molecule has 5 heteroatoms. The van der Waals surface area contributed by atoms with E-state index in [4.69, 9.17) is 0 Å². The third-order valence-corrected chi connectivity index (χ3v) is 2.75. The van der Waals surface area contributed by atoms with Crippen LogP contribution in [0.5, 0.6) is 0 Å². The Morgan fingerprint density at radius 2 is 2.43 bits per heavy atom. The number of hydrogen-bond donors (Lipinski definition) is 1. The number of nitrogens with zero attached hydrogens (tertiary/aromatic N) is 4. The lowest BCUT2D eigenvalue weighted by Gasteiger charge is -2.02. The highest BCUT2D eigenvalue weighted by Gasteiger charge is 2.39. The first-order chi connectivity index (χ1) is 6.86. The zero-order valence-corrected chi connectivity index (χ0v) is 8.77. The molecule has 5 nitrogen and oxygen atoms in total. The molecule has 0 amide bonds. The summed E-state index contributed by atoms with van der Waals surface area (Å²) in [5.41, 5.74) is 0. The zero-order chi connectivity index (χ0) is 9.97. The lowest BCUT2D eigenvalue weighted by molar-refractivity contribution is 0.519. The average Bonchev–Trinajstić information content (AvgIpc) is 2.77. The smallest absolute Gasteiger partial charge is 0.165 e. The molecule has 0 spiro atoms. The Kier molecular flexibility index (Phi) is 2.77. The van der Waals surface area contributed by atoms with Crippen molar-refractivity contribution in [3.8, 4) is 0 Å². The summed E-state index contributed by atoms with van der Waals surface area (Å²) in [6.07, 6.45) is 3.80. The van der Waals surface area contributed by atoms with Crippen LogP contribution in [0.1, 0.15) is 38.1 Å². The molecule has 1 N–H and O–H groups in total. The van der Waals surface area contributed by atoms with Crippen molar-refractivity contribution in [2.24, 2.45) is 5.92 Å². The lowest BCUT2D eigenvalue weighted by Crippen LogP contribution is -2.13. The summed E-state index contributed by atoms with van der Waals surface area (Å²) >= 11 is 0. The molecule has 0 aliphatic heterocycles. The molecule has 1 aromatic rings. The first-order valence-electron chi connectivity index (χ1n) is 5.28. The van der Waals surface area contributed by atoms with Crippen molar-refractivity contribution in [2.75, 3.05) is 7.05 Å². The number of hydrogen-bond acceptors (Lipinski definition) is 4. The Balaban J connectivity index is 1.99. The fraction of sp³-hybridized carbons (Fsp3) is 0.889. The van der Waals surface area contributed by atoms with Gasteiger partial charge in [-0.15, -0.1) is 5.10 Å². The van der Waals surface area contributed by atoms with Crippen molar-refractivity contribution in [2.45, 2.75) is 38.8 Å². The zero-order valence-electron chi connectivity index (χ0n) is 8.77. The van der Waals surface area contributed by atoms with Gasteiger partial charge in [-0.25, -0.2) is 4.68 Å². The number of nitrogens with one attached hydrogen (secondary N) is 1. The lowest BCUT2D eigenvalue weighted by atomic mass is 10.2. The average molecular weight is 195 g/mol. The second-order valence-electron chi connectivity index (χ2n) is 3.92. The largest absolute Gasteiger partial charge is 0.313 e. The van der Waals surface area contributed by atoms with E-state index in [1.165, 1.54) is 19.3 Å².